The molecule has 20 heavy (non-hydrogen) atoms. The Bertz CT molecular complexity index is 619. The van der Waals surface area contributed by atoms with E-state index in [2.05, 4.69) is 29.8 Å². The summed E-state index contributed by atoms with van der Waals surface area (Å²) in [5, 5.41) is 0. The van der Waals surface area contributed by atoms with E-state index in [1.54, 1.807) is 18.2 Å². The van der Waals surface area contributed by atoms with E-state index in [1.807, 2.05) is 24.3 Å². The molecule has 0 aliphatic rings. The second kappa shape index (κ2) is 6.23. The molecule has 0 spiro atoms. The highest BCUT2D eigenvalue weighted by molar-refractivity contribution is 9.10. The number of nitrogen functional groups attached to an aromatic ring is 1. The number of anilines is 1. The molecule has 0 bridgehead atoms. The van der Waals surface area contributed by atoms with Crippen LogP contribution in [-0.4, -0.2) is 5.78 Å². The van der Waals surface area contributed by atoms with Gasteiger partial charge in [0.05, 0.1) is 0 Å². The third kappa shape index (κ3) is 3.10. The molecule has 0 radical (unpaired) electrons. The van der Waals surface area contributed by atoms with Gasteiger partial charge < -0.3 is 5.73 Å². The maximum atomic E-state index is 12.4. The van der Waals surface area contributed by atoms with Gasteiger partial charge in [0.15, 0.2) is 5.78 Å². The van der Waals surface area contributed by atoms with Crippen LogP contribution in [0.15, 0.2) is 46.9 Å². The van der Waals surface area contributed by atoms with Crippen LogP contribution >= 0.6 is 15.9 Å². The predicted octanol–water partition coefficient (Wildman–Crippen LogP) is 4.78. The summed E-state index contributed by atoms with van der Waals surface area (Å²) >= 11 is 3.33. The van der Waals surface area contributed by atoms with Crippen LogP contribution < -0.4 is 5.73 Å². The van der Waals surface area contributed by atoms with Crippen molar-refractivity contribution in [2.24, 2.45) is 0 Å². The zero-order chi connectivity index (χ0) is 14.7. The Balaban J connectivity index is 2.27. The molecule has 0 fully saturated rings. The number of nitrogens with two attached hydrogens (primary N) is 1. The fourth-order valence-corrected chi connectivity index (χ4v) is 2.30. The summed E-state index contributed by atoms with van der Waals surface area (Å²) in [5.41, 5.74) is 8.96. The van der Waals surface area contributed by atoms with Crippen LogP contribution in [0, 0.1) is 0 Å². The fourth-order valence-electron chi connectivity index (χ4n) is 2.05. The molecule has 2 nitrogen and oxygen atoms in total. The molecular weight excluding hydrogens is 314 g/mol. The molecule has 1 atom stereocenters. The molecule has 0 aliphatic carbocycles. The third-order valence-electron chi connectivity index (χ3n) is 3.61. The van der Waals surface area contributed by atoms with E-state index in [0.717, 1.165) is 10.9 Å². The highest BCUT2D eigenvalue weighted by atomic mass is 79.9. The van der Waals surface area contributed by atoms with Gasteiger partial charge in [-0.05, 0) is 52.0 Å². The largest absolute Gasteiger partial charge is 0.398 e. The molecule has 0 amide bonds. The fraction of sp³-hybridized carbons (Fsp3) is 0.235. The second-order valence-corrected chi connectivity index (χ2v) is 5.85. The molecule has 1 unspecified atom stereocenters. The van der Waals surface area contributed by atoms with E-state index in [-0.39, 0.29) is 5.78 Å². The Morgan fingerprint density at radius 3 is 2.30 bits per heavy atom. The first-order valence-corrected chi connectivity index (χ1v) is 7.52. The molecule has 0 aromatic heterocycles. The summed E-state index contributed by atoms with van der Waals surface area (Å²) in [6.45, 7) is 4.35. The monoisotopic (exact) mass is 331 g/mol. The minimum Gasteiger partial charge on any atom is -0.398 e. The number of carbonyl (C=O) groups excluding carboxylic acids is 1. The Hall–Kier alpha value is -1.61. The lowest BCUT2D eigenvalue weighted by molar-refractivity contribution is 0.103. The maximum absolute atomic E-state index is 12.4. The first-order chi connectivity index (χ1) is 9.52. The lowest BCUT2D eigenvalue weighted by Crippen LogP contribution is -2.03. The van der Waals surface area contributed by atoms with E-state index in [9.17, 15) is 4.79 Å². The van der Waals surface area contributed by atoms with Crippen molar-refractivity contribution in [3.63, 3.8) is 0 Å². The highest BCUT2D eigenvalue weighted by Gasteiger charge is 2.11. The molecule has 104 valence electrons. The molecule has 2 aromatic carbocycles. The zero-order valence-corrected chi connectivity index (χ0v) is 13.3. The first kappa shape index (κ1) is 14.8. The molecule has 3 heteroatoms. The van der Waals surface area contributed by atoms with Crippen LogP contribution in [0.5, 0.6) is 0 Å². The number of rotatable bonds is 4. The third-order valence-corrected chi connectivity index (χ3v) is 4.33. The Kier molecular flexibility index (Phi) is 4.61. The molecule has 0 saturated heterocycles. The number of hydrogen-bond donors (Lipinski definition) is 1. The standard InChI is InChI=1S/C17H18BrNO/c1-3-11(2)12-4-6-13(7-5-12)17(20)14-8-9-15(18)16(19)10-14/h4-11H,3,19H2,1-2H3. The van der Waals surface area contributed by atoms with Crippen LogP contribution in [0.2, 0.25) is 0 Å². The van der Waals surface area contributed by atoms with Gasteiger partial charge in [-0.1, -0.05) is 38.1 Å². The van der Waals surface area contributed by atoms with Crippen molar-refractivity contribution >= 4 is 27.4 Å². The highest BCUT2D eigenvalue weighted by Crippen LogP contribution is 2.23. The van der Waals surface area contributed by atoms with Crippen LogP contribution in [0.1, 0.15) is 47.7 Å². The number of carbonyl (C=O) groups is 1. The van der Waals surface area contributed by atoms with E-state index >= 15 is 0 Å². The van der Waals surface area contributed by atoms with Crippen molar-refractivity contribution in [1.82, 2.24) is 0 Å². The van der Waals surface area contributed by atoms with Crippen molar-refractivity contribution in [3.05, 3.63) is 63.6 Å². The van der Waals surface area contributed by atoms with Crippen molar-refractivity contribution < 1.29 is 4.79 Å². The Morgan fingerprint density at radius 1 is 1.15 bits per heavy atom. The van der Waals surface area contributed by atoms with Crippen LogP contribution in [0.4, 0.5) is 5.69 Å². The molecule has 2 aromatic rings. The molecule has 0 aliphatic heterocycles. The summed E-state index contributed by atoms with van der Waals surface area (Å²) < 4.78 is 0.807. The van der Waals surface area contributed by atoms with Gasteiger partial charge in [-0.15, -0.1) is 0 Å². The topological polar surface area (TPSA) is 43.1 Å². The number of hydrogen-bond acceptors (Lipinski definition) is 2. The van der Waals surface area contributed by atoms with E-state index in [4.69, 9.17) is 5.73 Å². The second-order valence-electron chi connectivity index (χ2n) is 5.00. The summed E-state index contributed by atoms with van der Waals surface area (Å²) in [6.07, 6.45) is 1.09. The molecule has 0 heterocycles. The van der Waals surface area contributed by atoms with Crippen LogP contribution in [-0.2, 0) is 0 Å². The molecule has 2 rings (SSSR count). The van der Waals surface area contributed by atoms with Crippen molar-refractivity contribution in [2.45, 2.75) is 26.2 Å². The van der Waals surface area contributed by atoms with Gasteiger partial charge in [0, 0.05) is 21.3 Å². The normalized spacial score (nSPS) is 12.2. The lowest BCUT2D eigenvalue weighted by atomic mass is 9.95. The van der Waals surface area contributed by atoms with Crippen molar-refractivity contribution in [3.8, 4) is 0 Å². The quantitative estimate of drug-likeness (QED) is 0.647. The minimum atomic E-state index is -0.0000912. The maximum Gasteiger partial charge on any atom is 0.193 e. The average Bonchev–Trinajstić information content (AvgIpc) is 2.48. The summed E-state index contributed by atoms with van der Waals surface area (Å²) in [5.74, 6) is 0.516. The zero-order valence-electron chi connectivity index (χ0n) is 11.7. The van der Waals surface area contributed by atoms with E-state index in [1.165, 1.54) is 5.56 Å². The number of benzene rings is 2. The Labute approximate surface area is 128 Å². The molecule has 0 saturated carbocycles. The number of ketones is 1. The van der Waals surface area contributed by atoms with Gasteiger partial charge in [-0.3, -0.25) is 4.79 Å². The lowest BCUT2D eigenvalue weighted by Gasteiger charge is -2.09. The van der Waals surface area contributed by atoms with E-state index in [0.29, 0.717) is 22.7 Å². The summed E-state index contributed by atoms with van der Waals surface area (Å²) in [6, 6.07) is 13.1. The molecule has 2 N–H and O–H groups in total. The van der Waals surface area contributed by atoms with Crippen LogP contribution in [0.3, 0.4) is 0 Å². The van der Waals surface area contributed by atoms with Crippen LogP contribution in [0.25, 0.3) is 0 Å². The van der Waals surface area contributed by atoms with Gasteiger partial charge in [0.25, 0.3) is 0 Å². The average molecular weight is 332 g/mol. The first-order valence-electron chi connectivity index (χ1n) is 6.72. The molecular formula is C17H18BrNO. The van der Waals surface area contributed by atoms with Crippen molar-refractivity contribution in [2.75, 3.05) is 5.73 Å². The SMILES string of the molecule is CCC(C)c1ccc(C(=O)c2ccc(Br)c(N)c2)cc1. The summed E-state index contributed by atoms with van der Waals surface area (Å²) in [4.78, 5) is 12.4. The predicted molar refractivity (Wildman–Crippen MR) is 87.1 cm³/mol. The minimum absolute atomic E-state index is 0.0000912. The van der Waals surface area contributed by atoms with E-state index < -0.39 is 0 Å². The van der Waals surface area contributed by atoms with Gasteiger partial charge in [0.1, 0.15) is 0 Å². The van der Waals surface area contributed by atoms with Gasteiger partial charge in [-0.2, -0.15) is 0 Å². The van der Waals surface area contributed by atoms with Gasteiger partial charge in [0.2, 0.25) is 0 Å². The smallest absolute Gasteiger partial charge is 0.193 e. The van der Waals surface area contributed by atoms with Gasteiger partial charge >= 0.3 is 0 Å². The van der Waals surface area contributed by atoms with Crippen molar-refractivity contribution in [1.29, 1.82) is 0 Å². The summed E-state index contributed by atoms with van der Waals surface area (Å²) in [7, 11) is 0. The Morgan fingerprint density at radius 2 is 1.75 bits per heavy atom. The number of halogens is 1. The van der Waals surface area contributed by atoms with Gasteiger partial charge in [-0.25, -0.2) is 0 Å².